The van der Waals surface area contributed by atoms with Gasteiger partial charge in [0.1, 0.15) is 0 Å². The summed E-state index contributed by atoms with van der Waals surface area (Å²) in [6, 6.07) is 6.19. The van der Waals surface area contributed by atoms with Crippen molar-refractivity contribution in [3.05, 3.63) is 29.3 Å². The second-order valence-corrected chi connectivity index (χ2v) is 4.40. The molecule has 1 aromatic rings. The molecule has 0 fully saturated rings. The van der Waals surface area contributed by atoms with E-state index < -0.39 is 10.0 Å². The lowest BCUT2D eigenvalue weighted by molar-refractivity contribution is 0.583. The summed E-state index contributed by atoms with van der Waals surface area (Å²) in [7, 11) is -3.64. The van der Waals surface area contributed by atoms with Crippen molar-refractivity contribution >= 4 is 10.0 Å². The lowest BCUT2D eigenvalue weighted by atomic mass is 10.2. The number of sulfonamides is 1. The number of nitriles is 1. The summed E-state index contributed by atoms with van der Waals surface area (Å²) >= 11 is 0. The number of hydrazine groups is 1. The molecule has 0 spiro atoms. The molecular weight excluding hydrogens is 202 g/mol. The number of hydrogen-bond donors (Lipinski definition) is 2. The Balaban J connectivity index is 3.35. The van der Waals surface area contributed by atoms with E-state index in [2.05, 4.69) is 0 Å². The second-order valence-electron chi connectivity index (χ2n) is 2.71. The topological polar surface area (TPSA) is 96.0 Å². The first-order valence-electron chi connectivity index (χ1n) is 3.74. The SMILES string of the molecule is Cc1cc(C#N)ccc1S(=O)(=O)NN. The maximum absolute atomic E-state index is 11.3. The molecule has 0 aliphatic heterocycles. The fourth-order valence-electron chi connectivity index (χ4n) is 1.08. The van der Waals surface area contributed by atoms with Crippen LogP contribution in [0.3, 0.4) is 0 Å². The van der Waals surface area contributed by atoms with Crippen molar-refractivity contribution in [2.45, 2.75) is 11.8 Å². The molecule has 1 rings (SSSR count). The van der Waals surface area contributed by atoms with E-state index >= 15 is 0 Å². The zero-order valence-corrected chi connectivity index (χ0v) is 8.30. The van der Waals surface area contributed by atoms with Gasteiger partial charge in [0, 0.05) is 0 Å². The Morgan fingerprint density at radius 3 is 2.57 bits per heavy atom. The molecule has 0 aliphatic rings. The lowest BCUT2D eigenvalue weighted by Crippen LogP contribution is -2.30. The van der Waals surface area contributed by atoms with E-state index in [1.54, 1.807) is 11.8 Å². The first kappa shape index (κ1) is 10.7. The standard InChI is InChI=1S/C8H9N3O2S/c1-6-4-7(5-9)2-3-8(6)14(12,13)11-10/h2-4,11H,10H2,1H3. The van der Waals surface area contributed by atoms with E-state index in [1.165, 1.54) is 18.2 Å². The number of hydrogen-bond acceptors (Lipinski definition) is 4. The van der Waals surface area contributed by atoms with Crippen LogP contribution in [0.2, 0.25) is 0 Å². The van der Waals surface area contributed by atoms with Gasteiger partial charge in [-0.15, -0.1) is 0 Å². The molecular formula is C8H9N3O2S. The van der Waals surface area contributed by atoms with Gasteiger partial charge in [0.25, 0.3) is 10.0 Å². The van der Waals surface area contributed by atoms with Crippen LogP contribution in [0.15, 0.2) is 23.1 Å². The Labute approximate surface area is 82.2 Å². The van der Waals surface area contributed by atoms with E-state index in [-0.39, 0.29) is 4.90 Å². The molecule has 74 valence electrons. The van der Waals surface area contributed by atoms with Crippen LogP contribution in [0.4, 0.5) is 0 Å². The summed E-state index contributed by atoms with van der Waals surface area (Å²) < 4.78 is 22.6. The summed E-state index contributed by atoms with van der Waals surface area (Å²) in [4.78, 5) is 1.81. The largest absolute Gasteiger partial charge is 0.257 e. The smallest absolute Gasteiger partial charge is 0.253 e. The van der Waals surface area contributed by atoms with Crippen LogP contribution in [0, 0.1) is 18.3 Å². The van der Waals surface area contributed by atoms with Gasteiger partial charge in [-0.3, -0.25) is 5.84 Å². The van der Waals surface area contributed by atoms with Gasteiger partial charge in [-0.1, -0.05) is 0 Å². The van der Waals surface area contributed by atoms with Gasteiger partial charge < -0.3 is 0 Å². The fraction of sp³-hybridized carbons (Fsp3) is 0.125. The number of nitrogens with one attached hydrogen (secondary N) is 1. The minimum Gasteiger partial charge on any atom is -0.257 e. The Hall–Kier alpha value is -1.42. The molecule has 0 saturated heterocycles. The normalized spacial score (nSPS) is 10.9. The van der Waals surface area contributed by atoms with E-state index in [9.17, 15) is 8.42 Å². The monoisotopic (exact) mass is 211 g/mol. The third kappa shape index (κ3) is 1.90. The summed E-state index contributed by atoms with van der Waals surface area (Å²) in [5.74, 6) is 4.87. The van der Waals surface area contributed by atoms with Crippen molar-refractivity contribution < 1.29 is 8.42 Å². The van der Waals surface area contributed by atoms with Gasteiger partial charge in [-0.25, -0.2) is 8.42 Å². The van der Waals surface area contributed by atoms with Gasteiger partial charge in [0.15, 0.2) is 0 Å². The van der Waals surface area contributed by atoms with Gasteiger partial charge in [-0.2, -0.15) is 10.1 Å². The van der Waals surface area contributed by atoms with Crippen LogP contribution >= 0.6 is 0 Å². The van der Waals surface area contributed by atoms with Gasteiger partial charge in [-0.05, 0) is 30.7 Å². The fourth-order valence-corrected chi connectivity index (χ4v) is 1.94. The third-order valence-electron chi connectivity index (χ3n) is 1.75. The van der Waals surface area contributed by atoms with Crippen molar-refractivity contribution in [1.82, 2.24) is 4.83 Å². The zero-order chi connectivity index (χ0) is 10.8. The predicted molar refractivity (Wildman–Crippen MR) is 50.4 cm³/mol. The highest BCUT2D eigenvalue weighted by Gasteiger charge is 2.14. The summed E-state index contributed by atoms with van der Waals surface area (Å²) in [5, 5.41) is 8.57. The molecule has 3 N–H and O–H groups in total. The molecule has 6 heteroatoms. The maximum Gasteiger partial charge on any atom is 0.253 e. The average Bonchev–Trinajstić information content (AvgIpc) is 2.17. The van der Waals surface area contributed by atoms with Crippen LogP contribution in [-0.4, -0.2) is 8.42 Å². The predicted octanol–water partition coefficient (Wildman–Crippen LogP) is 0.0187. The minimum absolute atomic E-state index is 0.0824. The van der Waals surface area contributed by atoms with E-state index in [4.69, 9.17) is 11.1 Å². The molecule has 0 aliphatic carbocycles. The van der Waals surface area contributed by atoms with Crippen molar-refractivity contribution in [3.8, 4) is 6.07 Å². The highest BCUT2D eigenvalue weighted by molar-refractivity contribution is 7.89. The average molecular weight is 211 g/mol. The first-order valence-corrected chi connectivity index (χ1v) is 5.23. The molecule has 0 radical (unpaired) electrons. The van der Waals surface area contributed by atoms with Crippen molar-refractivity contribution in [2.75, 3.05) is 0 Å². The Morgan fingerprint density at radius 1 is 1.50 bits per heavy atom. The number of aryl methyl sites for hydroxylation is 1. The van der Waals surface area contributed by atoms with Crippen LogP contribution in [0.5, 0.6) is 0 Å². The molecule has 0 aromatic heterocycles. The second kappa shape index (κ2) is 3.75. The van der Waals surface area contributed by atoms with Crippen molar-refractivity contribution in [1.29, 1.82) is 5.26 Å². The van der Waals surface area contributed by atoms with Crippen molar-refractivity contribution in [2.24, 2.45) is 5.84 Å². The molecule has 0 heterocycles. The molecule has 0 atom stereocenters. The van der Waals surface area contributed by atoms with Crippen LogP contribution < -0.4 is 10.7 Å². The molecule has 0 saturated carbocycles. The molecule has 1 aromatic carbocycles. The maximum atomic E-state index is 11.3. The van der Waals surface area contributed by atoms with Crippen LogP contribution in [-0.2, 0) is 10.0 Å². The number of nitrogens with two attached hydrogens (primary N) is 1. The highest BCUT2D eigenvalue weighted by Crippen LogP contribution is 2.15. The van der Waals surface area contributed by atoms with E-state index in [1.807, 2.05) is 6.07 Å². The van der Waals surface area contributed by atoms with Crippen LogP contribution in [0.25, 0.3) is 0 Å². The molecule has 5 nitrogen and oxygen atoms in total. The lowest BCUT2D eigenvalue weighted by Gasteiger charge is -2.05. The van der Waals surface area contributed by atoms with Gasteiger partial charge in [0.2, 0.25) is 0 Å². The Morgan fingerprint density at radius 2 is 2.14 bits per heavy atom. The number of benzene rings is 1. The number of rotatable bonds is 2. The Kier molecular flexibility index (Phi) is 2.86. The Bertz CT molecular complexity index is 488. The van der Waals surface area contributed by atoms with Crippen molar-refractivity contribution in [3.63, 3.8) is 0 Å². The van der Waals surface area contributed by atoms with Crippen LogP contribution in [0.1, 0.15) is 11.1 Å². The molecule has 14 heavy (non-hydrogen) atoms. The van der Waals surface area contributed by atoms with E-state index in [0.717, 1.165) is 0 Å². The number of nitrogens with zero attached hydrogens (tertiary/aromatic N) is 1. The quantitative estimate of drug-likeness (QED) is 0.532. The molecule has 0 bridgehead atoms. The third-order valence-corrected chi connectivity index (χ3v) is 3.10. The summed E-state index contributed by atoms with van der Waals surface area (Å²) in [6.45, 7) is 1.60. The minimum atomic E-state index is -3.64. The zero-order valence-electron chi connectivity index (χ0n) is 7.48. The molecule has 0 unspecified atom stereocenters. The highest BCUT2D eigenvalue weighted by atomic mass is 32.2. The first-order chi connectivity index (χ1) is 6.51. The van der Waals surface area contributed by atoms with E-state index in [0.29, 0.717) is 11.1 Å². The van der Waals surface area contributed by atoms with Gasteiger partial charge in [0.05, 0.1) is 16.5 Å². The summed E-state index contributed by atoms with van der Waals surface area (Å²) in [5.41, 5.74) is 0.903. The molecule has 0 amide bonds. The summed E-state index contributed by atoms with van der Waals surface area (Å²) in [6.07, 6.45) is 0. The van der Waals surface area contributed by atoms with Gasteiger partial charge >= 0.3 is 0 Å².